The molecule has 1 fully saturated rings. The molecule has 8 rings (SSSR count). The quantitative estimate of drug-likeness (QED) is 0.0127. The fourth-order valence-corrected chi connectivity index (χ4v) is 17.1. The zero-order chi connectivity index (χ0) is 95.2. The maximum atomic E-state index is 14.2. The van der Waals surface area contributed by atoms with E-state index < -0.39 is 139 Å². The first kappa shape index (κ1) is 107. The molecule has 5 aromatic carbocycles. The maximum absolute atomic E-state index is 14.2. The summed E-state index contributed by atoms with van der Waals surface area (Å²) in [5.74, 6) is -10.5. The van der Waals surface area contributed by atoms with E-state index in [9.17, 15) is 97.5 Å². The summed E-state index contributed by atoms with van der Waals surface area (Å²) in [5, 5.41) is 64.8. The van der Waals surface area contributed by atoms with Gasteiger partial charge in [0.05, 0.1) is 61.4 Å². The van der Waals surface area contributed by atoms with Gasteiger partial charge in [-0.25, -0.2) is 4.79 Å². The van der Waals surface area contributed by atoms with E-state index in [1.54, 1.807) is 84.6 Å². The second-order valence-corrected chi connectivity index (χ2v) is 36.1. The molecule has 0 aliphatic carbocycles. The van der Waals surface area contributed by atoms with Crippen LogP contribution in [0.2, 0.25) is 0 Å². The number of hydrogen-bond acceptors (Lipinski definition) is 23. The highest BCUT2D eigenvalue weighted by Crippen LogP contribution is 2.57. The highest BCUT2D eigenvalue weighted by molar-refractivity contribution is 9.10. The van der Waals surface area contributed by atoms with Crippen LogP contribution in [0.1, 0.15) is 278 Å². The van der Waals surface area contributed by atoms with Crippen LogP contribution in [0.5, 0.6) is 23.0 Å². The van der Waals surface area contributed by atoms with Crippen molar-refractivity contribution in [2.24, 2.45) is 35.3 Å². The zero-order valence-electron chi connectivity index (χ0n) is 75.6. The van der Waals surface area contributed by atoms with E-state index >= 15 is 0 Å². The molecule has 12 N–H and O–H groups in total. The summed E-state index contributed by atoms with van der Waals surface area (Å²) in [7, 11) is 2.85. The topological polar surface area (TPSA) is 468 Å². The Morgan fingerprint density at radius 2 is 1.02 bits per heavy atom. The minimum absolute atomic E-state index is 0.0208. The van der Waals surface area contributed by atoms with Crippen LogP contribution in [0.15, 0.2) is 112 Å². The second kappa shape index (κ2) is 54.5. The number of hydrogen-bond donors (Lipinski definition) is 11. The van der Waals surface area contributed by atoms with E-state index in [-0.39, 0.29) is 140 Å². The summed E-state index contributed by atoms with van der Waals surface area (Å²) in [6, 6.07) is 23.5. The zero-order valence-corrected chi connectivity index (χ0v) is 78.8. The molecule has 3 aliphatic rings. The molecule has 32 heteroatoms. The van der Waals surface area contributed by atoms with Crippen LogP contribution in [-0.2, 0) is 63.1 Å². The number of halogens is 2. The van der Waals surface area contributed by atoms with Crippen LogP contribution in [0, 0.1) is 29.6 Å². The first-order chi connectivity index (χ1) is 62.2. The van der Waals surface area contributed by atoms with Crippen molar-refractivity contribution in [2.75, 3.05) is 60.1 Å². The van der Waals surface area contributed by atoms with Crippen molar-refractivity contribution in [1.82, 2.24) is 36.4 Å². The Hall–Kier alpha value is -10.3. The molecule has 5 aromatic rings. The van der Waals surface area contributed by atoms with Gasteiger partial charge in [0.2, 0.25) is 23.6 Å². The minimum Gasteiger partial charge on any atom is -0.508 e. The molecule has 0 saturated carbocycles. The molecule has 9 atom stereocenters. The van der Waals surface area contributed by atoms with E-state index in [2.05, 4.69) is 65.4 Å². The average Bonchev–Trinajstić information content (AvgIpc) is 1.52. The standard InChI is InChI=1S/C52H66N2O11.C46H64Br2N6O11/c1-3-4-5-6-7-8-9-10-11-12-13-18-38(57)28-36(50(62)54-27-16-19-45(54)46(60)30-37(33-55)34(2)56)17-14-15-26-53-49(61)35-20-23-42-41(29-35)51(63)65-52(42)43-24-21-39(58)31-47(43)64-48-32-40(59)22-25-44(48)52;1-28(29(2)57)23-39(58)37(9-5-7-21-51-43(62)30-11-15-34(47)16-12-30)53-45(64)32(26-55)24-41(60)38(10-6-8-22-52-44(63)31-13-17-35(48)18-14-31)54(4)46(65)33(27-56)25-40(59)36(50-3)19-20-42(49)61/h20-25,29,31-32,36-37,45,55,58-59H,3-19,26-28,30,33H2,1-2H3,(H,53,61);11-18,28,32-33,36-38,50,55-56H,5-10,19-27H2,1-4H3,(H2,49,61)(H,51,62)(H,52,63)(H,53,64)/t36?,37-,45-;28-,32+,33+,36+,37+,38+/m01/s1. The molecule has 7 amide bonds. The normalized spacial score (nSPS) is 15.2. The van der Waals surface area contributed by atoms with Crippen LogP contribution >= 0.6 is 31.9 Å². The number of ketones is 7. The summed E-state index contributed by atoms with van der Waals surface area (Å²) >= 11 is 6.66. The lowest BCUT2D eigenvalue weighted by Crippen LogP contribution is -2.49. The van der Waals surface area contributed by atoms with E-state index in [4.69, 9.17) is 15.2 Å². The molecule has 30 nitrogen and oxygen atoms in total. The fraction of sp³-hybridized carbons (Fsp3) is 0.541. The predicted octanol–water partition coefficient (Wildman–Crippen LogP) is 12.2. The first-order valence-corrected chi connectivity index (χ1v) is 47.2. The van der Waals surface area contributed by atoms with Crippen LogP contribution in [0.3, 0.4) is 0 Å². The summed E-state index contributed by atoms with van der Waals surface area (Å²) in [5.41, 5.74) is 6.55. The van der Waals surface area contributed by atoms with Gasteiger partial charge < -0.3 is 77.1 Å². The SMILES string of the molecule is CCCCCCCCCCCCCC(=O)CC(CCCCNC(=O)c1ccc2c(c1)C(=O)OC21c2ccc(O)cc2Oc2cc(O)ccc21)C(=O)N1CCC[C@H]1C(=O)C[C@@H](CO)C(C)=O.CN[C@@H](CCC(N)=O)C(=O)C[C@@H](CO)C(=O)N(C)[C@@H](CCCCNC(=O)c1ccc(Br)cc1)C(=O)C[C@@H](CO)C(=O)N[C@@H](CCCCNC(=O)c1ccc(Br)cc1)C(=O)C[C@@H](C)C(C)=O. The largest absolute Gasteiger partial charge is 0.508 e. The molecule has 1 spiro atoms. The maximum Gasteiger partial charge on any atom is 0.340 e. The lowest BCUT2D eigenvalue weighted by molar-refractivity contribution is -0.145. The van der Waals surface area contributed by atoms with Gasteiger partial charge in [-0.3, -0.25) is 67.1 Å². The summed E-state index contributed by atoms with van der Waals surface area (Å²) in [4.78, 5) is 200. The molecule has 708 valence electrons. The molecule has 130 heavy (non-hydrogen) atoms. The van der Waals surface area contributed by atoms with Crippen molar-refractivity contribution >= 4 is 120 Å². The number of fused-ring (bicyclic) bond motifs is 6. The van der Waals surface area contributed by atoms with Crippen molar-refractivity contribution in [1.29, 1.82) is 0 Å². The van der Waals surface area contributed by atoms with Crippen molar-refractivity contribution in [3.05, 3.63) is 151 Å². The summed E-state index contributed by atoms with van der Waals surface area (Å²) < 4.78 is 13.8. The summed E-state index contributed by atoms with van der Waals surface area (Å²) in [6.45, 7) is 5.72. The van der Waals surface area contributed by atoms with Gasteiger partial charge in [-0.2, -0.15) is 0 Å². The number of rotatable bonds is 58. The number of carbonyl (C=O) groups is 15. The van der Waals surface area contributed by atoms with Gasteiger partial charge >= 0.3 is 5.97 Å². The Labute approximate surface area is 777 Å². The number of likely N-dealkylation sites (tertiary alicyclic amines) is 1. The van der Waals surface area contributed by atoms with Gasteiger partial charge in [0.15, 0.2) is 28.7 Å². The Bertz CT molecular complexity index is 4670. The average molecular weight is 1930 g/mol. The number of nitrogens with one attached hydrogen (secondary N) is 5. The molecule has 0 bridgehead atoms. The lowest BCUT2D eigenvalue weighted by Gasteiger charge is -2.36. The Morgan fingerprint density at radius 3 is 1.54 bits per heavy atom. The number of aliphatic hydroxyl groups is 3. The van der Waals surface area contributed by atoms with Crippen molar-refractivity contribution < 1.29 is 107 Å². The van der Waals surface area contributed by atoms with Crippen LogP contribution in [0.25, 0.3) is 0 Å². The van der Waals surface area contributed by atoms with Gasteiger partial charge in [0, 0.05) is 150 Å². The highest BCUT2D eigenvalue weighted by atomic mass is 79.9. The number of nitrogens with zero attached hydrogens (tertiary/aromatic N) is 2. The number of likely N-dealkylation sites (N-methyl/N-ethyl adjacent to an activating group) is 2. The number of phenolic OH excluding ortho intramolecular Hbond substituents is 2. The van der Waals surface area contributed by atoms with Gasteiger partial charge in [0.1, 0.15) is 40.3 Å². The fourth-order valence-electron chi connectivity index (χ4n) is 16.6. The molecular weight excluding hydrogens is 1800 g/mol. The number of esters is 1. The highest BCUT2D eigenvalue weighted by Gasteiger charge is 2.54. The van der Waals surface area contributed by atoms with Crippen molar-refractivity contribution in [3.63, 3.8) is 0 Å². The van der Waals surface area contributed by atoms with E-state index in [1.165, 1.54) is 103 Å². The minimum atomic E-state index is -1.45. The predicted molar refractivity (Wildman–Crippen MR) is 494 cm³/mol. The smallest absolute Gasteiger partial charge is 0.340 e. The number of unbranched alkanes of at least 4 members (excludes halogenated alkanes) is 13. The van der Waals surface area contributed by atoms with Gasteiger partial charge in [0.25, 0.3) is 17.7 Å². The number of aromatic hydroxyl groups is 2. The second-order valence-electron chi connectivity index (χ2n) is 34.3. The molecule has 3 aliphatic heterocycles. The van der Waals surface area contributed by atoms with Crippen LogP contribution in [0.4, 0.5) is 0 Å². The van der Waals surface area contributed by atoms with Crippen molar-refractivity contribution in [2.45, 2.75) is 250 Å². The van der Waals surface area contributed by atoms with Crippen molar-refractivity contribution in [3.8, 4) is 23.0 Å². The molecule has 1 unspecified atom stereocenters. The van der Waals surface area contributed by atoms with Crippen LogP contribution in [-0.4, -0.2) is 207 Å². The first-order valence-electron chi connectivity index (χ1n) is 45.6. The van der Waals surface area contributed by atoms with E-state index in [0.29, 0.717) is 98.6 Å². The number of primary amides is 1. The molecule has 3 heterocycles. The van der Waals surface area contributed by atoms with E-state index in [1.807, 2.05) is 0 Å². The molecule has 0 aromatic heterocycles. The number of aliphatic hydroxyl groups excluding tert-OH is 3. The van der Waals surface area contributed by atoms with Gasteiger partial charge in [-0.1, -0.05) is 122 Å². The molecule has 0 radical (unpaired) electrons. The van der Waals surface area contributed by atoms with Gasteiger partial charge in [-0.15, -0.1) is 0 Å². The number of nitrogens with two attached hydrogens (primary N) is 1. The molecular formula is C98H130Br2N8O22. The number of amides is 7. The third-order valence-electron chi connectivity index (χ3n) is 24.5. The summed E-state index contributed by atoms with van der Waals surface area (Å²) in [6.07, 6.45) is 16.3. The Kier molecular flexibility index (Phi) is 44.8. The van der Waals surface area contributed by atoms with E-state index in [0.717, 1.165) is 39.5 Å². The number of carbonyl (C=O) groups excluding carboxylic acids is 15. The number of ether oxygens (including phenoxy) is 2. The third-order valence-corrected chi connectivity index (χ3v) is 25.6. The number of benzene rings is 5. The molecule has 1 saturated heterocycles. The lowest BCUT2D eigenvalue weighted by atomic mass is 9.77. The Balaban J connectivity index is 0.000000356. The van der Waals surface area contributed by atoms with Crippen LogP contribution < -0.4 is 37.1 Å². The monoisotopic (exact) mass is 1930 g/mol. The number of Topliss-reactive ketones (excluding diaryl/α,β-unsaturated/α-hetero) is 7. The Morgan fingerprint density at radius 1 is 0.531 bits per heavy atom. The third kappa shape index (κ3) is 32.1. The number of phenols is 2. The van der Waals surface area contributed by atoms with Gasteiger partial charge in [-0.05, 0) is 183 Å².